The van der Waals surface area contributed by atoms with Crippen molar-refractivity contribution in [2.45, 2.75) is 12.8 Å². The van der Waals surface area contributed by atoms with Gasteiger partial charge in [0.25, 0.3) is 0 Å². The van der Waals surface area contributed by atoms with Crippen molar-refractivity contribution in [3.63, 3.8) is 0 Å². The van der Waals surface area contributed by atoms with Gasteiger partial charge in [0.15, 0.2) is 0 Å². The Morgan fingerprint density at radius 3 is 2.62 bits per heavy atom. The van der Waals surface area contributed by atoms with Gasteiger partial charge in [0.05, 0.1) is 5.75 Å². The molecule has 0 atom stereocenters. The summed E-state index contributed by atoms with van der Waals surface area (Å²) in [5, 5.41) is 8.25. The Bertz CT molecular complexity index is 270. The first-order chi connectivity index (χ1) is 5.98. The number of aliphatic carboxylic acids is 1. The third-order valence-corrected chi connectivity index (χ3v) is 2.55. The van der Waals surface area contributed by atoms with Crippen LogP contribution in [0.3, 0.4) is 0 Å². The van der Waals surface area contributed by atoms with Crippen molar-refractivity contribution < 1.29 is 18.3 Å². The number of sulfonamides is 1. The van der Waals surface area contributed by atoms with Crippen LogP contribution in [-0.4, -0.2) is 31.8 Å². The molecule has 0 unspecified atom stereocenters. The van der Waals surface area contributed by atoms with Gasteiger partial charge in [0.1, 0.15) is 0 Å². The van der Waals surface area contributed by atoms with E-state index < -0.39 is 16.0 Å². The maximum Gasteiger partial charge on any atom is 0.303 e. The van der Waals surface area contributed by atoms with E-state index in [9.17, 15) is 13.2 Å². The van der Waals surface area contributed by atoms with E-state index in [-0.39, 0.29) is 18.7 Å². The summed E-state index contributed by atoms with van der Waals surface area (Å²) in [6.45, 7) is 3.44. The topological polar surface area (TPSA) is 83.5 Å². The lowest BCUT2D eigenvalue weighted by Crippen LogP contribution is -2.26. The lowest BCUT2D eigenvalue weighted by Gasteiger charge is -2.02. The van der Waals surface area contributed by atoms with Crippen LogP contribution in [0.1, 0.15) is 12.8 Å². The average Bonchev–Trinajstić information content (AvgIpc) is 1.98. The van der Waals surface area contributed by atoms with Crippen LogP contribution in [0.15, 0.2) is 12.7 Å². The first kappa shape index (κ1) is 12.1. The molecule has 2 N–H and O–H groups in total. The molecule has 0 saturated carbocycles. The summed E-state index contributed by atoms with van der Waals surface area (Å²) in [5.41, 5.74) is 0. The third kappa shape index (κ3) is 7.48. The summed E-state index contributed by atoms with van der Waals surface area (Å²) in [5.74, 6) is -1.07. The summed E-state index contributed by atoms with van der Waals surface area (Å²) < 4.78 is 24.1. The molecule has 0 spiro atoms. The highest BCUT2D eigenvalue weighted by molar-refractivity contribution is 7.89. The molecular formula is C7H13NO4S. The van der Waals surface area contributed by atoms with Gasteiger partial charge in [-0.05, 0) is 6.42 Å². The van der Waals surface area contributed by atoms with Crippen LogP contribution in [0.2, 0.25) is 0 Å². The number of rotatable bonds is 7. The molecule has 6 heteroatoms. The quantitative estimate of drug-likeness (QED) is 0.453. The Labute approximate surface area is 77.5 Å². The van der Waals surface area contributed by atoms with Gasteiger partial charge in [-0.25, -0.2) is 13.1 Å². The highest BCUT2D eigenvalue weighted by atomic mass is 32.2. The Balaban J connectivity index is 3.64. The predicted molar refractivity (Wildman–Crippen MR) is 48.9 cm³/mol. The van der Waals surface area contributed by atoms with Crippen molar-refractivity contribution in [1.29, 1.82) is 0 Å². The molecule has 0 aliphatic heterocycles. The van der Waals surface area contributed by atoms with Crippen molar-refractivity contribution in [2.24, 2.45) is 0 Å². The van der Waals surface area contributed by atoms with Gasteiger partial charge in [-0.15, -0.1) is 6.58 Å². The Morgan fingerprint density at radius 1 is 1.54 bits per heavy atom. The molecule has 5 nitrogen and oxygen atoms in total. The molecule has 0 aliphatic carbocycles. The zero-order valence-electron chi connectivity index (χ0n) is 7.19. The fraction of sp³-hybridized carbons (Fsp3) is 0.571. The van der Waals surface area contributed by atoms with E-state index >= 15 is 0 Å². The largest absolute Gasteiger partial charge is 0.481 e. The van der Waals surface area contributed by atoms with Gasteiger partial charge in [0, 0.05) is 13.0 Å². The van der Waals surface area contributed by atoms with E-state index in [4.69, 9.17) is 5.11 Å². The van der Waals surface area contributed by atoms with Crippen LogP contribution in [0, 0.1) is 0 Å². The molecule has 0 heterocycles. The van der Waals surface area contributed by atoms with Crippen molar-refractivity contribution in [3.05, 3.63) is 12.7 Å². The van der Waals surface area contributed by atoms with E-state index in [1.54, 1.807) is 0 Å². The van der Waals surface area contributed by atoms with E-state index in [1.165, 1.54) is 6.08 Å². The van der Waals surface area contributed by atoms with E-state index in [0.29, 0.717) is 6.42 Å². The van der Waals surface area contributed by atoms with Crippen molar-refractivity contribution in [2.75, 3.05) is 12.3 Å². The van der Waals surface area contributed by atoms with Crippen LogP contribution in [-0.2, 0) is 14.8 Å². The number of hydrogen-bond acceptors (Lipinski definition) is 3. The first-order valence-electron chi connectivity index (χ1n) is 3.78. The third-order valence-electron chi connectivity index (χ3n) is 1.23. The lowest BCUT2D eigenvalue weighted by atomic mass is 10.3. The van der Waals surface area contributed by atoms with Crippen LogP contribution in [0.5, 0.6) is 0 Å². The van der Waals surface area contributed by atoms with Crippen molar-refractivity contribution in [1.82, 2.24) is 4.72 Å². The molecule has 0 rings (SSSR count). The highest BCUT2D eigenvalue weighted by Gasteiger charge is 2.06. The molecule has 0 saturated heterocycles. The fourth-order valence-electron chi connectivity index (χ4n) is 0.681. The van der Waals surface area contributed by atoms with Gasteiger partial charge >= 0.3 is 5.97 Å². The van der Waals surface area contributed by atoms with Gasteiger partial charge < -0.3 is 5.11 Å². The zero-order valence-corrected chi connectivity index (χ0v) is 8.01. The van der Waals surface area contributed by atoms with Crippen LogP contribution < -0.4 is 4.72 Å². The van der Waals surface area contributed by atoms with Crippen LogP contribution in [0.4, 0.5) is 0 Å². The molecule has 0 bridgehead atoms. The molecule has 0 fully saturated rings. The fourth-order valence-corrected chi connectivity index (χ4v) is 1.56. The maximum atomic E-state index is 10.9. The highest BCUT2D eigenvalue weighted by Crippen LogP contribution is 1.89. The minimum Gasteiger partial charge on any atom is -0.481 e. The summed E-state index contributed by atoms with van der Waals surface area (Å²) in [6.07, 6.45) is 1.54. The normalized spacial score (nSPS) is 11.1. The summed E-state index contributed by atoms with van der Waals surface area (Å²) in [7, 11) is -3.29. The number of hydrogen-bond donors (Lipinski definition) is 2. The Hall–Kier alpha value is -0.880. The molecule has 0 aromatic rings. The molecule has 0 aromatic carbocycles. The minimum atomic E-state index is -3.29. The van der Waals surface area contributed by atoms with Gasteiger partial charge in [-0.3, -0.25) is 4.79 Å². The van der Waals surface area contributed by atoms with Gasteiger partial charge in [-0.2, -0.15) is 0 Å². The average molecular weight is 207 g/mol. The maximum absolute atomic E-state index is 10.9. The molecule has 0 aromatic heterocycles. The van der Waals surface area contributed by atoms with Crippen molar-refractivity contribution in [3.8, 4) is 0 Å². The monoisotopic (exact) mass is 207 g/mol. The molecule has 0 aliphatic rings. The van der Waals surface area contributed by atoms with Gasteiger partial charge in [-0.1, -0.05) is 6.08 Å². The predicted octanol–water partition coefficient (Wildman–Crippen LogP) is -0.0434. The smallest absolute Gasteiger partial charge is 0.303 e. The van der Waals surface area contributed by atoms with Crippen LogP contribution >= 0.6 is 0 Å². The number of carboxylic acid groups (broad SMARTS) is 1. The first-order valence-corrected chi connectivity index (χ1v) is 5.43. The second kappa shape index (κ2) is 5.71. The van der Waals surface area contributed by atoms with Crippen molar-refractivity contribution >= 4 is 16.0 Å². The molecule has 76 valence electrons. The molecular weight excluding hydrogens is 194 g/mol. The second-order valence-electron chi connectivity index (χ2n) is 2.46. The summed E-state index contributed by atoms with van der Waals surface area (Å²) in [4.78, 5) is 10.1. The van der Waals surface area contributed by atoms with Gasteiger partial charge in [0.2, 0.25) is 10.0 Å². The van der Waals surface area contributed by atoms with Crippen LogP contribution in [0.25, 0.3) is 0 Å². The summed E-state index contributed by atoms with van der Waals surface area (Å²) >= 11 is 0. The molecule has 0 radical (unpaired) electrons. The van der Waals surface area contributed by atoms with E-state index in [1.807, 2.05) is 0 Å². The minimum absolute atomic E-state index is 0.0311. The standard InChI is InChI=1S/C7H13NO4S/c1-2-6-13(11,12)8-5-3-4-7(9)10/h2,8H,1,3-6H2,(H,9,10). The molecule has 0 amide bonds. The number of carboxylic acids is 1. The van der Waals surface area contributed by atoms with E-state index in [0.717, 1.165) is 0 Å². The number of carbonyl (C=O) groups is 1. The van der Waals surface area contributed by atoms with E-state index in [2.05, 4.69) is 11.3 Å². The Morgan fingerprint density at radius 2 is 2.15 bits per heavy atom. The second-order valence-corrected chi connectivity index (χ2v) is 4.31. The number of nitrogens with one attached hydrogen (secondary N) is 1. The zero-order chi connectivity index (χ0) is 10.3. The summed E-state index contributed by atoms with van der Waals surface area (Å²) in [6, 6.07) is 0. The Kier molecular flexibility index (Phi) is 5.33. The SMILES string of the molecule is C=CCS(=O)(=O)NCCCC(=O)O. The lowest BCUT2D eigenvalue weighted by molar-refractivity contribution is -0.137. The molecule has 13 heavy (non-hydrogen) atoms.